The van der Waals surface area contributed by atoms with Crippen LogP contribution < -0.4 is 5.32 Å². The van der Waals surface area contributed by atoms with E-state index in [1.807, 2.05) is 0 Å². The Balaban J connectivity index is 1.86. The van der Waals surface area contributed by atoms with Crippen molar-refractivity contribution in [2.45, 2.75) is 19.3 Å². The van der Waals surface area contributed by atoms with Gasteiger partial charge in [0.15, 0.2) is 0 Å². The smallest absolute Gasteiger partial charge is 0.267 e. The summed E-state index contributed by atoms with van der Waals surface area (Å²) in [6, 6.07) is 4.75. The molecule has 0 bridgehead atoms. The number of nitrogens with zero attached hydrogens (tertiary/aromatic N) is 2. The summed E-state index contributed by atoms with van der Waals surface area (Å²) in [6.45, 7) is 0.424. The molecule has 0 aromatic heterocycles. The molecule has 5 nitrogen and oxygen atoms in total. The van der Waals surface area contributed by atoms with E-state index in [1.54, 1.807) is 12.1 Å². The van der Waals surface area contributed by atoms with Crippen LogP contribution in [0.4, 0.5) is 4.39 Å². The summed E-state index contributed by atoms with van der Waals surface area (Å²) >= 11 is 3.12. The van der Waals surface area contributed by atoms with Crippen molar-refractivity contribution in [2.75, 3.05) is 13.6 Å². The highest BCUT2D eigenvalue weighted by Crippen LogP contribution is 2.17. The number of hydrazone groups is 1. The second-order valence-electron chi connectivity index (χ2n) is 4.72. The van der Waals surface area contributed by atoms with Gasteiger partial charge in [-0.25, -0.2) is 9.40 Å². The summed E-state index contributed by atoms with van der Waals surface area (Å²) in [4.78, 5) is 23.2. The highest BCUT2D eigenvalue weighted by molar-refractivity contribution is 9.10. The Morgan fingerprint density at radius 1 is 1.48 bits per heavy atom. The van der Waals surface area contributed by atoms with Gasteiger partial charge in [0.1, 0.15) is 11.5 Å². The molecule has 1 N–H and O–H groups in total. The fourth-order valence-corrected chi connectivity index (χ4v) is 2.38. The van der Waals surface area contributed by atoms with Gasteiger partial charge in [-0.3, -0.25) is 9.59 Å². The zero-order valence-corrected chi connectivity index (χ0v) is 13.1. The Morgan fingerprint density at radius 2 is 2.24 bits per heavy atom. The van der Waals surface area contributed by atoms with Crippen LogP contribution in [0.5, 0.6) is 0 Å². The van der Waals surface area contributed by atoms with E-state index in [9.17, 15) is 14.0 Å². The topological polar surface area (TPSA) is 61.8 Å². The monoisotopic (exact) mass is 355 g/mol. The maximum atomic E-state index is 13.1. The van der Waals surface area contributed by atoms with Gasteiger partial charge in [-0.05, 0) is 40.0 Å². The average molecular weight is 356 g/mol. The van der Waals surface area contributed by atoms with Crippen LogP contribution in [0.15, 0.2) is 27.8 Å². The van der Waals surface area contributed by atoms with Gasteiger partial charge in [-0.2, -0.15) is 5.10 Å². The van der Waals surface area contributed by atoms with Crippen LogP contribution in [-0.2, 0) is 16.0 Å². The van der Waals surface area contributed by atoms with Crippen LogP contribution in [0, 0.1) is 5.82 Å². The first-order valence-corrected chi connectivity index (χ1v) is 7.33. The summed E-state index contributed by atoms with van der Waals surface area (Å²) in [7, 11) is 1.53. The predicted octanol–water partition coefficient (Wildman–Crippen LogP) is 1.86. The van der Waals surface area contributed by atoms with Gasteiger partial charge in [-0.15, -0.1) is 0 Å². The molecule has 1 aromatic carbocycles. The Bertz CT molecular complexity index is 604. The first-order valence-electron chi connectivity index (χ1n) is 6.53. The van der Waals surface area contributed by atoms with E-state index in [1.165, 1.54) is 18.1 Å². The molecule has 21 heavy (non-hydrogen) atoms. The molecule has 0 saturated carbocycles. The lowest BCUT2D eigenvalue weighted by atomic mass is 10.1. The fraction of sp³-hybridized carbons (Fsp3) is 0.357. The molecule has 1 aliphatic heterocycles. The van der Waals surface area contributed by atoms with E-state index in [4.69, 9.17) is 0 Å². The molecule has 2 rings (SSSR count). The molecule has 0 spiro atoms. The van der Waals surface area contributed by atoms with Gasteiger partial charge in [-0.1, -0.05) is 6.07 Å². The minimum atomic E-state index is -0.313. The molecule has 2 amide bonds. The number of hydrogen-bond acceptors (Lipinski definition) is 3. The third kappa shape index (κ3) is 4.10. The molecule has 112 valence electrons. The zero-order valence-electron chi connectivity index (χ0n) is 11.5. The molecular formula is C14H15BrFN3O2. The molecular weight excluding hydrogens is 341 g/mol. The van der Waals surface area contributed by atoms with Gasteiger partial charge >= 0.3 is 0 Å². The van der Waals surface area contributed by atoms with Gasteiger partial charge in [0.05, 0.1) is 4.47 Å². The Hall–Kier alpha value is -1.76. The molecule has 1 aliphatic rings. The summed E-state index contributed by atoms with van der Waals surface area (Å²) < 4.78 is 13.5. The number of nitrogens with one attached hydrogen (secondary N) is 1. The lowest BCUT2D eigenvalue weighted by Crippen LogP contribution is -2.38. The molecule has 0 fully saturated rings. The van der Waals surface area contributed by atoms with Crippen molar-refractivity contribution in [1.29, 1.82) is 0 Å². The molecule has 0 radical (unpaired) electrons. The maximum Gasteiger partial charge on any atom is 0.267 e. The van der Waals surface area contributed by atoms with E-state index in [2.05, 4.69) is 26.3 Å². The SMILES string of the molecule is CN1N=C(C(=O)NCCc2ccc(F)c(Br)c2)CCC1=O. The van der Waals surface area contributed by atoms with Crippen molar-refractivity contribution in [2.24, 2.45) is 5.10 Å². The first kappa shape index (κ1) is 15.6. The average Bonchev–Trinajstić information content (AvgIpc) is 2.45. The molecule has 0 saturated heterocycles. The number of rotatable bonds is 4. The summed E-state index contributed by atoms with van der Waals surface area (Å²) in [5.41, 5.74) is 1.28. The minimum absolute atomic E-state index is 0.0947. The zero-order chi connectivity index (χ0) is 15.4. The number of carbonyl (C=O) groups is 2. The lowest BCUT2D eigenvalue weighted by Gasteiger charge is -2.18. The molecule has 0 unspecified atom stereocenters. The van der Waals surface area contributed by atoms with E-state index < -0.39 is 0 Å². The Kier molecular flexibility index (Phi) is 5.06. The Morgan fingerprint density at radius 3 is 2.90 bits per heavy atom. The maximum absolute atomic E-state index is 13.1. The molecule has 7 heteroatoms. The van der Waals surface area contributed by atoms with Crippen LogP contribution >= 0.6 is 15.9 Å². The van der Waals surface area contributed by atoms with Crippen molar-refractivity contribution >= 4 is 33.5 Å². The molecule has 1 aromatic rings. The van der Waals surface area contributed by atoms with Crippen molar-refractivity contribution < 1.29 is 14.0 Å². The second-order valence-corrected chi connectivity index (χ2v) is 5.57. The third-order valence-corrected chi connectivity index (χ3v) is 3.76. The Labute approximate surface area is 130 Å². The lowest BCUT2D eigenvalue weighted by molar-refractivity contribution is -0.130. The van der Waals surface area contributed by atoms with Crippen LogP contribution in [0.2, 0.25) is 0 Å². The highest BCUT2D eigenvalue weighted by atomic mass is 79.9. The molecule has 0 atom stereocenters. The highest BCUT2D eigenvalue weighted by Gasteiger charge is 2.21. The van der Waals surface area contributed by atoms with Gasteiger partial charge in [0, 0.05) is 26.4 Å². The van der Waals surface area contributed by atoms with Crippen molar-refractivity contribution in [3.05, 3.63) is 34.1 Å². The fourth-order valence-electron chi connectivity index (χ4n) is 1.95. The minimum Gasteiger partial charge on any atom is -0.351 e. The van der Waals surface area contributed by atoms with Gasteiger partial charge in [0.25, 0.3) is 5.91 Å². The first-order chi connectivity index (χ1) is 9.97. The largest absolute Gasteiger partial charge is 0.351 e. The number of hydrogen-bond donors (Lipinski definition) is 1. The third-order valence-electron chi connectivity index (χ3n) is 3.15. The number of carbonyl (C=O) groups excluding carboxylic acids is 2. The van der Waals surface area contributed by atoms with Gasteiger partial charge < -0.3 is 5.32 Å². The number of amides is 2. The van der Waals surface area contributed by atoms with Crippen molar-refractivity contribution in [3.8, 4) is 0 Å². The molecule has 1 heterocycles. The van der Waals surface area contributed by atoms with Crippen LogP contribution in [0.1, 0.15) is 18.4 Å². The second kappa shape index (κ2) is 6.80. The van der Waals surface area contributed by atoms with Crippen LogP contribution in [0.25, 0.3) is 0 Å². The normalized spacial score (nSPS) is 14.9. The summed E-state index contributed by atoms with van der Waals surface area (Å²) in [5, 5.41) is 7.89. The van der Waals surface area contributed by atoms with Crippen molar-refractivity contribution in [1.82, 2.24) is 10.3 Å². The summed E-state index contributed by atoms with van der Waals surface area (Å²) in [5.74, 6) is -0.676. The van der Waals surface area contributed by atoms with E-state index >= 15 is 0 Å². The molecule has 0 aliphatic carbocycles. The quantitative estimate of drug-likeness (QED) is 0.895. The van der Waals surface area contributed by atoms with Gasteiger partial charge in [0.2, 0.25) is 5.91 Å². The summed E-state index contributed by atoms with van der Waals surface area (Å²) in [6.07, 6.45) is 1.25. The number of halogens is 2. The predicted molar refractivity (Wildman–Crippen MR) is 80.3 cm³/mol. The number of benzene rings is 1. The standard InChI is InChI=1S/C14H15BrFN3O2/c1-19-13(20)5-4-12(18-19)14(21)17-7-6-9-2-3-11(16)10(15)8-9/h2-3,8H,4-7H2,1H3,(H,17,21). The van der Waals surface area contributed by atoms with Crippen LogP contribution in [0.3, 0.4) is 0 Å². The van der Waals surface area contributed by atoms with Crippen LogP contribution in [-0.4, -0.2) is 36.1 Å². The van der Waals surface area contributed by atoms with E-state index in [0.29, 0.717) is 36.0 Å². The van der Waals surface area contributed by atoms with E-state index in [-0.39, 0.29) is 17.6 Å². The van der Waals surface area contributed by atoms with Crippen molar-refractivity contribution in [3.63, 3.8) is 0 Å². The van der Waals surface area contributed by atoms with E-state index in [0.717, 1.165) is 5.56 Å².